The predicted octanol–water partition coefficient (Wildman–Crippen LogP) is 6.61. The molecule has 0 aliphatic carbocycles. The summed E-state index contributed by atoms with van der Waals surface area (Å²) in [4.78, 5) is 3.66. The Labute approximate surface area is 282 Å². The molecule has 1 unspecified atom stereocenters. The average Bonchev–Trinajstić information content (AvgIpc) is 3.14. The summed E-state index contributed by atoms with van der Waals surface area (Å²) in [6.45, 7) is 0.745. The standard InChI is InChI=1S/C36H39N3O8S/c1-41-28-15-9-25(10-16-28)21-44-24-32-34(45-22-26-11-17-29(42-2)18-12-26)35(46-23-27-13-19-30(43-3)20-14-27)33(38-39-37)36(47-32)48(40)31-7-5-4-6-8-31/h4-20,32-36H,21-24H2,1-3H3/t32-,33-,34-,35-,36+,48?/m1/s1. The number of benzene rings is 4. The van der Waals surface area contributed by atoms with Gasteiger partial charge in [0.05, 0.1) is 64.7 Å². The van der Waals surface area contributed by atoms with Gasteiger partial charge in [0.2, 0.25) is 0 Å². The normalized spacial score (nSPS) is 21.1. The Balaban J connectivity index is 1.46. The van der Waals surface area contributed by atoms with Gasteiger partial charge in [-0.3, -0.25) is 4.21 Å². The molecule has 1 heterocycles. The Morgan fingerprint density at radius 1 is 0.688 bits per heavy atom. The number of ether oxygens (including phenoxy) is 7. The second-order valence-electron chi connectivity index (χ2n) is 11.0. The van der Waals surface area contributed by atoms with E-state index in [2.05, 4.69) is 10.0 Å². The molecule has 0 bridgehead atoms. The molecule has 1 aliphatic heterocycles. The summed E-state index contributed by atoms with van der Waals surface area (Å²) < 4.78 is 55.7. The number of hydrogen-bond acceptors (Lipinski definition) is 9. The van der Waals surface area contributed by atoms with Crippen LogP contribution in [0.3, 0.4) is 0 Å². The van der Waals surface area contributed by atoms with Gasteiger partial charge in [-0.25, -0.2) is 0 Å². The van der Waals surface area contributed by atoms with Crippen LogP contribution in [0.5, 0.6) is 17.2 Å². The maximum atomic E-state index is 14.1. The quantitative estimate of drug-likeness (QED) is 0.0738. The molecule has 4 aromatic rings. The van der Waals surface area contributed by atoms with Gasteiger partial charge >= 0.3 is 0 Å². The molecule has 11 nitrogen and oxygen atoms in total. The molecule has 12 heteroatoms. The zero-order valence-electron chi connectivity index (χ0n) is 27.0. The molecule has 0 spiro atoms. The van der Waals surface area contributed by atoms with E-state index >= 15 is 0 Å². The third-order valence-corrected chi connectivity index (χ3v) is 9.45. The van der Waals surface area contributed by atoms with E-state index in [0.29, 0.717) is 17.3 Å². The highest BCUT2D eigenvalue weighted by Gasteiger charge is 2.49. The van der Waals surface area contributed by atoms with Crippen LogP contribution in [-0.4, -0.2) is 61.9 Å². The lowest BCUT2D eigenvalue weighted by Crippen LogP contribution is -2.60. The van der Waals surface area contributed by atoms with Crippen LogP contribution in [0.1, 0.15) is 16.7 Å². The summed E-state index contributed by atoms with van der Waals surface area (Å²) in [6.07, 6.45) is -2.34. The first-order valence-electron chi connectivity index (χ1n) is 15.4. The van der Waals surface area contributed by atoms with E-state index in [1.165, 1.54) is 0 Å². The Bertz CT molecular complexity index is 1640. The van der Waals surface area contributed by atoms with Crippen LogP contribution < -0.4 is 14.2 Å². The largest absolute Gasteiger partial charge is 0.497 e. The van der Waals surface area contributed by atoms with Gasteiger partial charge in [0.25, 0.3) is 0 Å². The van der Waals surface area contributed by atoms with E-state index in [-0.39, 0.29) is 19.8 Å². The van der Waals surface area contributed by atoms with Crippen LogP contribution in [-0.2, 0) is 49.6 Å². The lowest BCUT2D eigenvalue weighted by Gasteiger charge is -2.44. The number of hydrogen-bond donors (Lipinski definition) is 0. The minimum atomic E-state index is -1.72. The van der Waals surface area contributed by atoms with E-state index in [4.69, 9.17) is 33.2 Å². The first-order valence-corrected chi connectivity index (χ1v) is 16.6. The van der Waals surface area contributed by atoms with Gasteiger partial charge in [-0.15, -0.1) is 0 Å². The molecule has 0 saturated carbocycles. The van der Waals surface area contributed by atoms with Crippen LogP contribution >= 0.6 is 0 Å². The van der Waals surface area contributed by atoms with Crippen molar-refractivity contribution in [2.75, 3.05) is 27.9 Å². The Kier molecular flexibility index (Phi) is 12.8. The summed E-state index contributed by atoms with van der Waals surface area (Å²) in [5.74, 6) is 2.18. The molecule has 0 amide bonds. The summed E-state index contributed by atoms with van der Waals surface area (Å²) >= 11 is 0. The molecule has 1 fully saturated rings. The fraction of sp³-hybridized carbons (Fsp3) is 0.333. The molecule has 48 heavy (non-hydrogen) atoms. The summed E-state index contributed by atoms with van der Waals surface area (Å²) in [5.41, 5.74) is 11.4. The maximum Gasteiger partial charge on any atom is 0.148 e. The smallest absolute Gasteiger partial charge is 0.148 e. The number of azide groups is 1. The fourth-order valence-corrected chi connectivity index (χ4v) is 6.71. The SMILES string of the molecule is COc1ccc(COC[C@H]2O[C@@H](S(=O)c3ccccc3)[C@H](N=[N+]=[N-])[C@@H](OCc3ccc(OC)cc3)[C@@H]2OCc2ccc(OC)cc2)cc1. The molecular weight excluding hydrogens is 634 g/mol. The van der Waals surface area contributed by atoms with Gasteiger partial charge in [-0.1, -0.05) is 59.7 Å². The zero-order valence-corrected chi connectivity index (χ0v) is 27.9. The molecular formula is C36H39N3O8S. The van der Waals surface area contributed by atoms with Crippen LogP contribution in [0.2, 0.25) is 0 Å². The van der Waals surface area contributed by atoms with Crippen molar-refractivity contribution in [1.29, 1.82) is 0 Å². The predicted molar refractivity (Wildman–Crippen MR) is 180 cm³/mol. The van der Waals surface area contributed by atoms with Gasteiger partial charge in [0.1, 0.15) is 40.9 Å². The topological polar surface area (TPSA) is 130 Å². The molecule has 1 saturated heterocycles. The molecule has 252 valence electrons. The van der Waals surface area contributed by atoms with Crippen molar-refractivity contribution in [3.05, 3.63) is 130 Å². The van der Waals surface area contributed by atoms with Crippen molar-refractivity contribution in [2.45, 2.75) is 54.5 Å². The summed E-state index contributed by atoms with van der Waals surface area (Å²) in [5, 5.41) is 4.11. The lowest BCUT2D eigenvalue weighted by molar-refractivity contribution is -0.212. The fourth-order valence-electron chi connectivity index (χ4n) is 5.31. The van der Waals surface area contributed by atoms with Crippen molar-refractivity contribution >= 4 is 10.8 Å². The van der Waals surface area contributed by atoms with Crippen molar-refractivity contribution in [1.82, 2.24) is 0 Å². The van der Waals surface area contributed by atoms with Crippen LogP contribution in [0, 0.1) is 0 Å². The highest BCUT2D eigenvalue weighted by molar-refractivity contribution is 7.85. The minimum Gasteiger partial charge on any atom is -0.497 e. The van der Waals surface area contributed by atoms with Gasteiger partial charge < -0.3 is 33.2 Å². The van der Waals surface area contributed by atoms with Gasteiger partial charge in [-0.2, -0.15) is 0 Å². The highest BCUT2D eigenvalue weighted by Crippen LogP contribution is 2.34. The number of rotatable bonds is 16. The average molecular weight is 674 g/mol. The Hall–Kier alpha value is -4.42. The maximum absolute atomic E-state index is 14.1. The van der Waals surface area contributed by atoms with Crippen LogP contribution in [0.15, 0.2) is 113 Å². The summed E-state index contributed by atoms with van der Waals surface area (Å²) in [7, 11) is 3.11. The Morgan fingerprint density at radius 3 is 1.65 bits per heavy atom. The van der Waals surface area contributed by atoms with Crippen molar-refractivity contribution in [3.8, 4) is 17.2 Å². The van der Waals surface area contributed by atoms with E-state index in [1.807, 2.05) is 78.9 Å². The zero-order chi connectivity index (χ0) is 33.7. The van der Waals surface area contributed by atoms with Gasteiger partial charge in [-0.05, 0) is 70.8 Å². The molecule has 6 atom stereocenters. The molecule has 0 aromatic heterocycles. The van der Waals surface area contributed by atoms with Crippen molar-refractivity contribution in [3.63, 3.8) is 0 Å². The third-order valence-electron chi connectivity index (χ3n) is 7.90. The Morgan fingerprint density at radius 2 is 1.17 bits per heavy atom. The van der Waals surface area contributed by atoms with Crippen LogP contribution in [0.4, 0.5) is 0 Å². The molecule has 0 N–H and O–H groups in total. The molecule has 0 radical (unpaired) electrons. The third kappa shape index (κ3) is 9.13. The van der Waals surface area contributed by atoms with Crippen molar-refractivity contribution in [2.24, 2.45) is 5.11 Å². The van der Waals surface area contributed by atoms with E-state index < -0.39 is 40.6 Å². The monoisotopic (exact) mass is 673 g/mol. The van der Waals surface area contributed by atoms with E-state index in [0.717, 1.165) is 28.2 Å². The first-order chi connectivity index (χ1) is 23.5. The number of nitrogens with zero attached hydrogens (tertiary/aromatic N) is 3. The number of methoxy groups -OCH3 is 3. The van der Waals surface area contributed by atoms with Crippen molar-refractivity contribution < 1.29 is 37.4 Å². The van der Waals surface area contributed by atoms with Crippen LogP contribution in [0.25, 0.3) is 10.4 Å². The van der Waals surface area contributed by atoms with E-state index in [1.54, 1.807) is 45.6 Å². The second kappa shape index (κ2) is 17.7. The molecule has 4 aromatic carbocycles. The highest BCUT2D eigenvalue weighted by atomic mass is 32.2. The first kappa shape index (κ1) is 34.9. The van der Waals surface area contributed by atoms with E-state index in [9.17, 15) is 9.74 Å². The van der Waals surface area contributed by atoms with Gasteiger partial charge in [0.15, 0.2) is 0 Å². The van der Waals surface area contributed by atoms with Gasteiger partial charge in [0, 0.05) is 9.81 Å². The molecule has 1 aliphatic rings. The molecule has 5 rings (SSSR count). The summed E-state index contributed by atoms with van der Waals surface area (Å²) in [6, 6.07) is 30.5. The second-order valence-corrected chi connectivity index (χ2v) is 12.5. The minimum absolute atomic E-state index is 0.0905. The lowest BCUT2D eigenvalue weighted by atomic mass is 9.97.